The minimum absolute atomic E-state index is 0.0107. The molecule has 1 saturated carbocycles. The minimum atomic E-state index is -0.234. The second-order valence-electron chi connectivity index (χ2n) is 7.27. The first-order valence-electron chi connectivity index (χ1n) is 8.34. The number of thioether (sulfide) groups is 1. The lowest BCUT2D eigenvalue weighted by Gasteiger charge is -2.22. The van der Waals surface area contributed by atoms with Crippen molar-refractivity contribution in [1.29, 1.82) is 0 Å². The molecule has 1 aliphatic rings. The summed E-state index contributed by atoms with van der Waals surface area (Å²) in [7, 11) is 0. The minimum Gasteiger partial charge on any atom is -0.351 e. The van der Waals surface area contributed by atoms with Crippen LogP contribution in [0.25, 0.3) is 5.69 Å². The van der Waals surface area contributed by atoms with E-state index in [9.17, 15) is 4.79 Å². The van der Waals surface area contributed by atoms with Crippen LogP contribution in [0.5, 0.6) is 0 Å². The third-order valence-corrected chi connectivity index (χ3v) is 4.66. The molecule has 24 heavy (non-hydrogen) atoms. The Hall–Kier alpha value is -1.82. The van der Waals surface area contributed by atoms with Crippen LogP contribution >= 0.6 is 11.8 Å². The molecule has 128 valence electrons. The normalized spacial score (nSPS) is 16.0. The van der Waals surface area contributed by atoms with Crippen LogP contribution < -0.4 is 5.32 Å². The van der Waals surface area contributed by atoms with E-state index in [0.29, 0.717) is 11.1 Å². The largest absolute Gasteiger partial charge is 0.351 e. The van der Waals surface area contributed by atoms with Gasteiger partial charge in [-0.25, -0.2) is 9.67 Å². The fourth-order valence-electron chi connectivity index (χ4n) is 2.40. The van der Waals surface area contributed by atoms with E-state index < -0.39 is 0 Å². The van der Waals surface area contributed by atoms with Gasteiger partial charge in [-0.3, -0.25) is 4.79 Å². The number of benzene rings is 1. The van der Waals surface area contributed by atoms with E-state index in [1.54, 1.807) is 0 Å². The Labute approximate surface area is 147 Å². The summed E-state index contributed by atoms with van der Waals surface area (Å²) < 4.78 is 1.92. The van der Waals surface area contributed by atoms with Crippen LogP contribution in [-0.4, -0.2) is 31.5 Å². The molecule has 0 spiro atoms. The topological polar surface area (TPSA) is 59.8 Å². The maximum Gasteiger partial charge on any atom is 0.233 e. The van der Waals surface area contributed by atoms with Crippen LogP contribution in [0.1, 0.15) is 52.3 Å². The highest BCUT2D eigenvalue weighted by Gasteiger charge is 2.31. The highest BCUT2D eigenvalue weighted by Crippen LogP contribution is 2.40. The molecule has 6 heteroatoms. The monoisotopic (exact) mass is 344 g/mol. The zero-order chi connectivity index (χ0) is 17.3. The van der Waals surface area contributed by atoms with E-state index in [2.05, 4.69) is 10.4 Å². The number of hydrogen-bond donors (Lipinski definition) is 1. The van der Waals surface area contributed by atoms with Crippen molar-refractivity contribution in [3.05, 3.63) is 36.2 Å². The van der Waals surface area contributed by atoms with Crippen LogP contribution in [0.15, 0.2) is 35.5 Å². The first-order valence-corrected chi connectivity index (χ1v) is 9.22. The SMILES string of the molecule is CC(Sc1nc(C2CC2)n(-c2ccccc2)n1)C(=O)NC(C)(C)C. The number of amides is 1. The fraction of sp³-hybridized carbons (Fsp3) is 0.500. The first-order chi connectivity index (χ1) is 11.3. The Kier molecular flexibility index (Phi) is 4.67. The molecule has 1 unspecified atom stereocenters. The van der Waals surface area contributed by atoms with Crippen molar-refractivity contribution in [2.24, 2.45) is 0 Å². The van der Waals surface area contributed by atoms with Crippen molar-refractivity contribution in [2.45, 2.75) is 62.4 Å². The first kappa shape index (κ1) is 17.0. The molecule has 1 aromatic heterocycles. The molecule has 1 fully saturated rings. The Morgan fingerprint density at radius 1 is 1.29 bits per heavy atom. The van der Waals surface area contributed by atoms with Gasteiger partial charge in [-0.15, -0.1) is 5.10 Å². The van der Waals surface area contributed by atoms with Crippen LogP contribution in [-0.2, 0) is 4.79 Å². The van der Waals surface area contributed by atoms with Crippen LogP contribution in [0, 0.1) is 0 Å². The van der Waals surface area contributed by atoms with Gasteiger partial charge in [0.2, 0.25) is 11.1 Å². The lowest BCUT2D eigenvalue weighted by molar-refractivity contribution is -0.121. The third kappa shape index (κ3) is 4.17. The highest BCUT2D eigenvalue weighted by molar-refractivity contribution is 8.00. The molecule has 0 bridgehead atoms. The second kappa shape index (κ2) is 6.59. The van der Waals surface area contributed by atoms with Gasteiger partial charge in [0.1, 0.15) is 5.82 Å². The number of rotatable bonds is 5. The molecule has 5 nitrogen and oxygen atoms in total. The maximum atomic E-state index is 12.3. The second-order valence-corrected chi connectivity index (χ2v) is 8.58. The zero-order valence-electron chi connectivity index (χ0n) is 14.6. The lowest BCUT2D eigenvalue weighted by Crippen LogP contribution is -2.44. The van der Waals surface area contributed by atoms with Gasteiger partial charge >= 0.3 is 0 Å². The highest BCUT2D eigenvalue weighted by atomic mass is 32.2. The van der Waals surface area contributed by atoms with Crippen LogP contribution in [0.4, 0.5) is 0 Å². The molecule has 3 rings (SSSR count). The van der Waals surface area contributed by atoms with Crippen LogP contribution in [0.3, 0.4) is 0 Å². The summed E-state index contributed by atoms with van der Waals surface area (Å²) in [5.41, 5.74) is 0.785. The van der Waals surface area contributed by atoms with Crippen molar-refractivity contribution < 1.29 is 4.79 Å². The van der Waals surface area contributed by atoms with Gasteiger partial charge in [0, 0.05) is 11.5 Å². The van der Waals surface area contributed by atoms with Gasteiger partial charge in [0.05, 0.1) is 10.9 Å². The summed E-state index contributed by atoms with van der Waals surface area (Å²) in [6.07, 6.45) is 2.32. The molecule has 1 aromatic carbocycles. The molecule has 1 aliphatic carbocycles. The Bertz CT molecular complexity index is 716. The van der Waals surface area contributed by atoms with Crippen molar-refractivity contribution in [1.82, 2.24) is 20.1 Å². The standard InChI is InChI=1S/C18H24N4OS/c1-12(16(23)20-18(2,3)4)24-17-19-15(13-10-11-13)22(21-17)14-8-6-5-7-9-14/h5-9,12-13H,10-11H2,1-4H3,(H,20,23). The number of carbonyl (C=O) groups excluding carboxylic acids is 1. The number of hydrogen-bond acceptors (Lipinski definition) is 4. The average molecular weight is 344 g/mol. The van der Waals surface area contributed by atoms with Gasteiger partial charge in [0.15, 0.2) is 0 Å². The summed E-state index contributed by atoms with van der Waals surface area (Å²) in [6.45, 7) is 7.84. The van der Waals surface area contributed by atoms with Gasteiger partial charge in [-0.05, 0) is 52.7 Å². The number of nitrogens with zero attached hydrogens (tertiary/aromatic N) is 3. The number of carbonyl (C=O) groups is 1. The Balaban J connectivity index is 1.78. The summed E-state index contributed by atoms with van der Waals surface area (Å²) in [4.78, 5) is 17.0. The van der Waals surface area contributed by atoms with Crippen molar-refractivity contribution >= 4 is 17.7 Å². The molecule has 2 aromatic rings. The van der Waals surface area contributed by atoms with E-state index in [1.807, 2.05) is 62.7 Å². The predicted octanol–water partition coefficient (Wildman–Crippen LogP) is 3.54. The molecule has 1 atom stereocenters. The predicted molar refractivity (Wildman–Crippen MR) is 96.5 cm³/mol. The molecule has 0 aliphatic heterocycles. The maximum absolute atomic E-state index is 12.3. The quantitative estimate of drug-likeness (QED) is 0.843. The van der Waals surface area contributed by atoms with Crippen molar-refractivity contribution in [3.63, 3.8) is 0 Å². The number of para-hydroxylation sites is 1. The van der Waals surface area contributed by atoms with E-state index in [-0.39, 0.29) is 16.7 Å². The molecule has 1 N–H and O–H groups in total. The van der Waals surface area contributed by atoms with E-state index in [1.165, 1.54) is 11.8 Å². The summed E-state index contributed by atoms with van der Waals surface area (Å²) in [5.74, 6) is 1.51. The van der Waals surface area contributed by atoms with Gasteiger partial charge in [0.25, 0.3) is 0 Å². The summed E-state index contributed by atoms with van der Waals surface area (Å²) in [6, 6.07) is 10.1. The number of nitrogens with one attached hydrogen (secondary N) is 1. The van der Waals surface area contributed by atoms with Gasteiger partial charge in [-0.2, -0.15) is 0 Å². The fourth-order valence-corrected chi connectivity index (χ4v) is 3.16. The molecule has 1 amide bonds. The Morgan fingerprint density at radius 2 is 1.96 bits per heavy atom. The van der Waals surface area contributed by atoms with Gasteiger partial charge in [-0.1, -0.05) is 30.0 Å². The third-order valence-electron chi connectivity index (χ3n) is 3.71. The smallest absolute Gasteiger partial charge is 0.233 e. The van der Waals surface area contributed by atoms with Crippen LogP contribution in [0.2, 0.25) is 0 Å². The average Bonchev–Trinajstić information content (AvgIpc) is 3.27. The van der Waals surface area contributed by atoms with E-state index in [4.69, 9.17) is 4.98 Å². The molecule has 0 saturated heterocycles. The molecule has 1 heterocycles. The lowest BCUT2D eigenvalue weighted by atomic mass is 10.1. The summed E-state index contributed by atoms with van der Waals surface area (Å²) in [5, 5.41) is 8.09. The number of aromatic nitrogens is 3. The Morgan fingerprint density at radius 3 is 2.54 bits per heavy atom. The zero-order valence-corrected chi connectivity index (χ0v) is 15.4. The summed E-state index contributed by atoms with van der Waals surface area (Å²) >= 11 is 1.41. The van der Waals surface area contributed by atoms with Crippen molar-refractivity contribution in [2.75, 3.05) is 0 Å². The van der Waals surface area contributed by atoms with E-state index >= 15 is 0 Å². The molecule has 0 radical (unpaired) electrons. The molecular formula is C18H24N4OS. The molecular weight excluding hydrogens is 320 g/mol. The van der Waals surface area contributed by atoms with Crippen molar-refractivity contribution in [3.8, 4) is 5.69 Å². The van der Waals surface area contributed by atoms with Gasteiger partial charge < -0.3 is 5.32 Å². The van der Waals surface area contributed by atoms with E-state index in [0.717, 1.165) is 24.4 Å².